The standard InChI is InChI=1S/C14H14NO2S/c1-2-12-7-6-8-13(11-12)15-18(16,17)14-9-4-3-5-10-14/h3-11H,2H2,1H3/q-1. The van der Waals surface area contributed by atoms with Crippen LogP contribution in [0.15, 0.2) is 59.5 Å². The molecule has 0 aliphatic rings. The Morgan fingerprint density at radius 2 is 1.72 bits per heavy atom. The van der Waals surface area contributed by atoms with Crippen molar-refractivity contribution in [2.24, 2.45) is 0 Å². The number of hydrogen-bond donors (Lipinski definition) is 0. The van der Waals surface area contributed by atoms with Crippen LogP contribution in [0.25, 0.3) is 4.72 Å². The minimum atomic E-state index is -3.61. The summed E-state index contributed by atoms with van der Waals surface area (Å²) in [6.45, 7) is 2.02. The first-order valence-corrected chi connectivity index (χ1v) is 7.18. The molecular formula is C14H14NO2S-. The molecular weight excluding hydrogens is 246 g/mol. The Hall–Kier alpha value is -1.81. The zero-order valence-corrected chi connectivity index (χ0v) is 10.9. The van der Waals surface area contributed by atoms with Crippen molar-refractivity contribution in [1.82, 2.24) is 0 Å². The third-order valence-corrected chi connectivity index (χ3v) is 3.90. The van der Waals surface area contributed by atoms with Crippen LogP contribution < -0.4 is 0 Å². The van der Waals surface area contributed by atoms with E-state index in [-0.39, 0.29) is 4.90 Å². The minimum Gasteiger partial charge on any atom is -0.573 e. The lowest BCUT2D eigenvalue weighted by atomic mass is 10.1. The molecule has 3 nitrogen and oxygen atoms in total. The Bertz CT molecular complexity index is 621. The van der Waals surface area contributed by atoms with E-state index in [9.17, 15) is 8.42 Å². The van der Waals surface area contributed by atoms with Gasteiger partial charge in [0.15, 0.2) is 0 Å². The van der Waals surface area contributed by atoms with Crippen LogP contribution in [0.3, 0.4) is 0 Å². The summed E-state index contributed by atoms with van der Waals surface area (Å²) in [4.78, 5) is 0.215. The van der Waals surface area contributed by atoms with Gasteiger partial charge in [-0.15, -0.1) is 5.69 Å². The second-order valence-corrected chi connectivity index (χ2v) is 5.51. The van der Waals surface area contributed by atoms with Crippen molar-refractivity contribution in [2.45, 2.75) is 18.2 Å². The van der Waals surface area contributed by atoms with Gasteiger partial charge in [-0.1, -0.05) is 49.4 Å². The fraction of sp³-hybridized carbons (Fsp3) is 0.143. The Morgan fingerprint density at radius 1 is 1.00 bits per heavy atom. The van der Waals surface area contributed by atoms with E-state index in [2.05, 4.69) is 4.72 Å². The van der Waals surface area contributed by atoms with Gasteiger partial charge in [0.05, 0.1) is 4.90 Å². The first-order chi connectivity index (χ1) is 8.62. The topological polar surface area (TPSA) is 48.2 Å². The monoisotopic (exact) mass is 260 g/mol. The quantitative estimate of drug-likeness (QED) is 0.842. The van der Waals surface area contributed by atoms with Crippen molar-refractivity contribution in [1.29, 1.82) is 0 Å². The summed E-state index contributed by atoms with van der Waals surface area (Å²) in [7, 11) is -3.61. The van der Waals surface area contributed by atoms with Crippen LogP contribution in [0.1, 0.15) is 12.5 Å². The van der Waals surface area contributed by atoms with E-state index in [4.69, 9.17) is 0 Å². The smallest absolute Gasteiger partial charge is 0.123 e. The van der Waals surface area contributed by atoms with Crippen LogP contribution >= 0.6 is 0 Å². The van der Waals surface area contributed by atoms with Crippen molar-refractivity contribution in [3.8, 4) is 0 Å². The summed E-state index contributed by atoms with van der Waals surface area (Å²) in [5, 5.41) is 0. The highest BCUT2D eigenvalue weighted by Crippen LogP contribution is 2.28. The molecule has 0 aliphatic heterocycles. The number of aryl methyl sites for hydroxylation is 1. The normalized spacial score (nSPS) is 11.2. The number of nitrogens with zero attached hydrogens (tertiary/aromatic N) is 1. The van der Waals surface area contributed by atoms with Crippen molar-refractivity contribution >= 4 is 15.7 Å². The van der Waals surface area contributed by atoms with E-state index in [0.717, 1.165) is 12.0 Å². The predicted octanol–water partition coefficient (Wildman–Crippen LogP) is 3.64. The number of rotatable bonds is 4. The molecule has 18 heavy (non-hydrogen) atoms. The predicted molar refractivity (Wildman–Crippen MR) is 72.5 cm³/mol. The van der Waals surface area contributed by atoms with Gasteiger partial charge in [0.1, 0.15) is 10.0 Å². The van der Waals surface area contributed by atoms with Gasteiger partial charge >= 0.3 is 0 Å². The van der Waals surface area contributed by atoms with Crippen LogP contribution in [-0.4, -0.2) is 8.42 Å². The van der Waals surface area contributed by atoms with Crippen LogP contribution in [0.4, 0.5) is 5.69 Å². The molecule has 0 unspecified atom stereocenters. The molecule has 0 amide bonds. The maximum atomic E-state index is 12.0. The molecule has 0 spiro atoms. The molecule has 4 heteroatoms. The molecule has 0 aliphatic carbocycles. The molecule has 0 saturated heterocycles. The van der Waals surface area contributed by atoms with Crippen LogP contribution in [0.2, 0.25) is 0 Å². The summed E-state index contributed by atoms with van der Waals surface area (Å²) >= 11 is 0. The molecule has 0 atom stereocenters. The molecule has 94 valence electrons. The second kappa shape index (κ2) is 5.23. The molecule has 0 N–H and O–H groups in total. The van der Waals surface area contributed by atoms with Gasteiger partial charge in [0.2, 0.25) is 0 Å². The highest BCUT2D eigenvalue weighted by atomic mass is 32.2. The zero-order chi connectivity index (χ0) is 13.0. The number of sulfonamides is 1. The van der Waals surface area contributed by atoms with Crippen LogP contribution in [0.5, 0.6) is 0 Å². The average molecular weight is 260 g/mol. The van der Waals surface area contributed by atoms with Gasteiger partial charge in [-0.2, -0.15) is 0 Å². The maximum Gasteiger partial charge on any atom is 0.123 e. The molecule has 0 radical (unpaired) electrons. The fourth-order valence-corrected chi connectivity index (χ4v) is 2.61. The van der Waals surface area contributed by atoms with Gasteiger partial charge < -0.3 is 4.72 Å². The van der Waals surface area contributed by atoms with Crippen molar-refractivity contribution in [2.75, 3.05) is 0 Å². The van der Waals surface area contributed by atoms with E-state index >= 15 is 0 Å². The van der Waals surface area contributed by atoms with E-state index in [1.807, 2.05) is 19.1 Å². The molecule has 0 saturated carbocycles. The van der Waals surface area contributed by atoms with Crippen LogP contribution in [0, 0.1) is 0 Å². The molecule has 2 rings (SSSR count). The van der Waals surface area contributed by atoms with E-state index < -0.39 is 10.0 Å². The summed E-state index contributed by atoms with van der Waals surface area (Å²) in [5.74, 6) is 0. The van der Waals surface area contributed by atoms with Gasteiger partial charge in [0, 0.05) is 0 Å². The Labute approximate surface area is 108 Å². The summed E-state index contributed by atoms with van der Waals surface area (Å²) in [6.07, 6.45) is 0.856. The summed E-state index contributed by atoms with van der Waals surface area (Å²) in [6, 6.07) is 15.5. The van der Waals surface area contributed by atoms with Crippen molar-refractivity contribution < 1.29 is 8.42 Å². The minimum absolute atomic E-state index is 0.215. The van der Waals surface area contributed by atoms with Gasteiger partial charge in [-0.25, -0.2) is 8.42 Å². The largest absolute Gasteiger partial charge is 0.573 e. The van der Waals surface area contributed by atoms with E-state index in [1.54, 1.807) is 42.5 Å². The SMILES string of the molecule is CCc1cccc([N-]S(=O)(=O)c2ccccc2)c1. The molecule has 0 fully saturated rings. The zero-order valence-electron chi connectivity index (χ0n) is 10.1. The Kier molecular flexibility index (Phi) is 3.67. The van der Waals surface area contributed by atoms with Crippen molar-refractivity contribution in [3.05, 3.63) is 64.9 Å². The fourth-order valence-electron chi connectivity index (χ4n) is 1.62. The first kappa shape index (κ1) is 12.6. The Morgan fingerprint density at radius 3 is 2.39 bits per heavy atom. The maximum absolute atomic E-state index is 12.0. The van der Waals surface area contributed by atoms with Crippen LogP contribution in [-0.2, 0) is 16.4 Å². The lowest BCUT2D eigenvalue weighted by Crippen LogP contribution is -1.97. The highest BCUT2D eigenvalue weighted by Gasteiger charge is 2.03. The molecule has 0 aromatic heterocycles. The summed E-state index contributed by atoms with van der Waals surface area (Å²) < 4.78 is 27.9. The van der Waals surface area contributed by atoms with E-state index in [1.165, 1.54) is 0 Å². The lowest BCUT2D eigenvalue weighted by molar-refractivity contribution is 0.603. The Balaban J connectivity index is 2.28. The average Bonchev–Trinajstić information content (AvgIpc) is 2.39. The molecule has 2 aromatic carbocycles. The third-order valence-electron chi connectivity index (χ3n) is 2.59. The highest BCUT2D eigenvalue weighted by molar-refractivity contribution is 7.94. The third kappa shape index (κ3) is 2.90. The van der Waals surface area contributed by atoms with Crippen molar-refractivity contribution in [3.63, 3.8) is 0 Å². The second-order valence-electron chi connectivity index (χ2n) is 3.90. The summed E-state index contributed by atoms with van der Waals surface area (Å²) in [5.41, 5.74) is 1.54. The van der Waals surface area contributed by atoms with E-state index in [0.29, 0.717) is 5.69 Å². The molecule has 2 aromatic rings. The molecule has 0 bridgehead atoms. The van der Waals surface area contributed by atoms with Gasteiger partial charge in [0.25, 0.3) is 0 Å². The molecule has 0 heterocycles. The first-order valence-electron chi connectivity index (χ1n) is 5.74. The van der Waals surface area contributed by atoms with Gasteiger partial charge in [-0.05, 0) is 24.1 Å². The number of benzene rings is 2. The lowest BCUT2D eigenvalue weighted by Gasteiger charge is -2.22. The van der Waals surface area contributed by atoms with Gasteiger partial charge in [-0.3, -0.25) is 0 Å². The number of hydrogen-bond acceptors (Lipinski definition) is 2.